The number of methoxy groups -OCH3 is 1. The Morgan fingerprint density at radius 1 is 1.14 bits per heavy atom. The van der Waals surface area contributed by atoms with E-state index in [1.165, 1.54) is 10.1 Å². The molecule has 0 saturated carbocycles. The van der Waals surface area contributed by atoms with E-state index in [1.54, 1.807) is 18.7 Å². The molecule has 0 unspecified atom stereocenters. The number of H-pyrrole nitrogens is 1. The van der Waals surface area contributed by atoms with Crippen molar-refractivity contribution >= 4 is 17.1 Å². The maximum Gasteiger partial charge on any atom is 0.329 e. The summed E-state index contributed by atoms with van der Waals surface area (Å²) in [5, 5.41) is 0. The number of aromatic amines is 1. The number of aromatic nitrogens is 4. The lowest BCUT2D eigenvalue weighted by atomic mass is 9.90. The monoisotopic (exact) mass is 383 g/mol. The Hall–Kier alpha value is -3.03. The molecule has 2 aromatic heterocycles. The van der Waals surface area contributed by atoms with E-state index in [4.69, 9.17) is 4.74 Å². The van der Waals surface area contributed by atoms with Crippen LogP contribution in [0.1, 0.15) is 18.4 Å². The summed E-state index contributed by atoms with van der Waals surface area (Å²) in [4.78, 5) is 33.2. The predicted octanol–water partition coefficient (Wildman–Crippen LogP) is 1.43. The van der Waals surface area contributed by atoms with Gasteiger partial charge in [-0.25, -0.2) is 4.79 Å². The van der Waals surface area contributed by atoms with Gasteiger partial charge in [-0.3, -0.25) is 14.3 Å². The van der Waals surface area contributed by atoms with Crippen LogP contribution in [0.3, 0.4) is 0 Å². The third-order valence-electron chi connectivity index (χ3n) is 5.71. The zero-order chi connectivity index (χ0) is 19.8. The van der Waals surface area contributed by atoms with Crippen LogP contribution in [0.5, 0.6) is 5.75 Å². The lowest BCUT2D eigenvalue weighted by Crippen LogP contribution is -2.36. The van der Waals surface area contributed by atoms with Gasteiger partial charge in [0.05, 0.1) is 7.11 Å². The Morgan fingerprint density at radius 3 is 2.57 bits per heavy atom. The van der Waals surface area contributed by atoms with Crippen LogP contribution in [0.4, 0.5) is 5.95 Å². The number of rotatable bonds is 4. The third-order valence-corrected chi connectivity index (χ3v) is 5.71. The molecule has 1 aliphatic heterocycles. The van der Waals surface area contributed by atoms with Crippen molar-refractivity contribution in [1.29, 1.82) is 0 Å². The molecule has 148 valence electrons. The average molecular weight is 383 g/mol. The Labute approximate surface area is 162 Å². The van der Waals surface area contributed by atoms with E-state index >= 15 is 0 Å². The molecule has 0 radical (unpaired) electrons. The molecule has 0 bridgehead atoms. The minimum atomic E-state index is -0.447. The molecule has 1 fully saturated rings. The molecular weight excluding hydrogens is 358 g/mol. The summed E-state index contributed by atoms with van der Waals surface area (Å²) < 4.78 is 8.64. The highest BCUT2D eigenvalue weighted by molar-refractivity contribution is 5.74. The van der Waals surface area contributed by atoms with Gasteiger partial charge in [-0.2, -0.15) is 4.98 Å². The van der Waals surface area contributed by atoms with E-state index in [-0.39, 0.29) is 0 Å². The number of hydrogen-bond donors (Lipinski definition) is 1. The van der Waals surface area contributed by atoms with Crippen LogP contribution in [0.15, 0.2) is 33.9 Å². The number of anilines is 1. The van der Waals surface area contributed by atoms with Crippen molar-refractivity contribution in [2.75, 3.05) is 25.1 Å². The highest BCUT2D eigenvalue weighted by Gasteiger charge is 2.25. The summed E-state index contributed by atoms with van der Waals surface area (Å²) in [7, 11) is 5.16. The molecule has 1 saturated heterocycles. The number of hydrogen-bond acceptors (Lipinski definition) is 5. The fourth-order valence-electron chi connectivity index (χ4n) is 4.10. The van der Waals surface area contributed by atoms with Crippen molar-refractivity contribution in [2.24, 2.45) is 20.0 Å². The molecule has 8 nitrogen and oxygen atoms in total. The number of imidazole rings is 1. The molecule has 0 aliphatic carbocycles. The number of benzene rings is 1. The second-order valence-electron chi connectivity index (χ2n) is 7.41. The minimum absolute atomic E-state index is 0.398. The van der Waals surface area contributed by atoms with Crippen LogP contribution in [-0.4, -0.2) is 39.3 Å². The van der Waals surface area contributed by atoms with Crippen LogP contribution >= 0.6 is 0 Å². The second-order valence-corrected chi connectivity index (χ2v) is 7.41. The van der Waals surface area contributed by atoms with Gasteiger partial charge < -0.3 is 14.2 Å². The second kappa shape index (κ2) is 7.18. The Morgan fingerprint density at radius 2 is 1.86 bits per heavy atom. The molecule has 1 aliphatic rings. The van der Waals surface area contributed by atoms with Crippen molar-refractivity contribution in [3.05, 3.63) is 50.7 Å². The van der Waals surface area contributed by atoms with E-state index in [2.05, 4.69) is 20.9 Å². The van der Waals surface area contributed by atoms with Crippen molar-refractivity contribution in [3.8, 4) is 5.75 Å². The SMILES string of the molecule is COc1ccccc1CC1CCN(c2nc3c(c(=O)[nH]c(=O)n3C)n2C)CC1. The van der Waals surface area contributed by atoms with Gasteiger partial charge in [-0.05, 0) is 36.8 Å². The fourth-order valence-corrected chi connectivity index (χ4v) is 4.10. The summed E-state index contributed by atoms with van der Waals surface area (Å²) in [6.07, 6.45) is 3.07. The maximum absolute atomic E-state index is 12.2. The van der Waals surface area contributed by atoms with Gasteiger partial charge in [-0.15, -0.1) is 0 Å². The Kier molecular flexibility index (Phi) is 4.70. The van der Waals surface area contributed by atoms with Crippen molar-refractivity contribution in [2.45, 2.75) is 19.3 Å². The maximum atomic E-state index is 12.2. The van der Waals surface area contributed by atoms with E-state index in [0.29, 0.717) is 17.1 Å². The molecule has 1 aromatic carbocycles. The predicted molar refractivity (Wildman–Crippen MR) is 108 cm³/mol. The Bertz CT molecular complexity index is 1120. The van der Waals surface area contributed by atoms with Crippen LogP contribution in [-0.2, 0) is 20.5 Å². The lowest BCUT2D eigenvalue weighted by Gasteiger charge is -2.32. The smallest absolute Gasteiger partial charge is 0.329 e. The van der Waals surface area contributed by atoms with Gasteiger partial charge in [-0.1, -0.05) is 18.2 Å². The minimum Gasteiger partial charge on any atom is -0.496 e. The number of fused-ring (bicyclic) bond motifs is 1. The quantitative estimate of drug-likeness (QED) is 0.737. The fraction of sp³-hybridized carbons (Fsp3) is 0.450. The van der Waals surface area contributed by atoms with Crippen molar-refractivity contribution in [3.63, 3.8) is 0 Å². The largest absolute Gasteiger partial charge is 0.496 e. The van der Waals surface area contributed by atoms with Gasteiger partial charge in [0.15, 0.2) is 11.2 Å². The number of ether oxygens (including phenoxy) is 1. The first-order valence-electron chi connectivity index (χ1n) is 9.52. The number of nitrogens with zero attached hydrogens (tertiary/aromatic N) is 4. The lowest BCUT2D eigenvalue weighted by molar-refractivity contribution is 0.379. The van der Waals surface area contributed by atoms with Gasteiger partial charge >= 0.3 is 5.69 Å². The number of nitrogens with one attached hydrogen (secondary N) is 1. The topological polar surface area (TPSA) is 85.2 Å². The molecule has 3 aromatic rings. The molecule has 0 spiro atoms. The molecule has 1 N–H and O–H groups in total. The number of para-hydroxylation sites is 1. The van der Waals surface area contributed by atoms with Gasteiger partial charge in [0.2, 0.25) is 5.95 Å². The zero-order valence-electron chi connectivity index (χ0n) is 16.4. The first-order chi connectivity index (χ1) is 13.5. The summed E-state index contributed by atoms with van der Waals surface area (Å²) in [6, 6.07) is 8.18. The molecule has 28 heavy (non-hydrogen) atoms. The molecule has 4 rings (SSSR count). The van der Waals surface area contributed by atoms with Gasteiger partial charge in [0, 0.05) is 27.2 Å². The van der Waals surface area contributed by atoms with E-state index in [9.17, 15) is 9.59 Å². The number of aryl methyl sites for hydroxylation is 2. The van der Waals surface area contributed by atoms with Gasteiger partial charge in [0.25, 0.3) is 5.56 Å². The van der Waals surface area contributed by atoms with Crippen molar-refractivity contribution < 1.29 is 4.74 Å². The summed E-state index contributed by atoms with van der Waals surface area (Å²) in [6.45, 7) is 1.73. The van der Waals surface area contributed by atoms with Crippen LogP contribution in [0.2, 0.25) is 0 Å². The Balaban J connectivity index is 1.54. The molecule has 8 heteroatoms. The van der Waals surface area contributed by atoms with E-state index in [0.717, 1.165) is 44.0 Å². The molecule has 0 amide bonds. The van der Waals surface area contributed by atoms with Crippen LogP contribution in [0.25, 0.3) is 11.2 Å². The van der Waals surface area contributed by atoms with E-state index < -0.39 is 11.2 Å². The summed E-state index contributed by atoms with van der Waals surface area (Å²) in [5.74, 6) is 2.26. The molecule has 3 heterocycles. The van der Waals surface area contributed by atoms with Crippen LogP contribution in [0, 0.1) is 5.92 Å². The van der Waals surface area contributed by atoms with E-state index in [1.807, 2.05) is 25.2 Å². The summed E-state index contributed by atoms with van der Waals surface area (Å²) >= 11 is 0. The third kappa shape index (κ3) is 3.08. The first-order valence-corrected chi connectivity index (χ1v) is 9.52. The summed E-state index contributed by atoms with van der Waals surface area (Å²) in [5.41, 5.74) is 1.24. The van der Waals surface area contributed by atoms with Gasteiger partial charge in [0.1, 0.15) is 5.75 Å². The molecule has 0 atom stereocenters. The van der Waals surface area contributed by atoms with Crippen LogP contribution < -0.4 is 20.9 Å². The molecular formula is C20H25N5O3. The zero-order valence-corrected chi connectivity index (χ0v) is 16.4. The highest BCUT2D eigenvalue weighted by atomic mass is 16.5. The average Bonchev–Trinajstić information content (AvgIpc) is 3.05. The first kappa shape index (κ1) is 18.3. The normalized spacial score (nSPS) is 15.3. The standard InChI is InChI=1S/C20H25N5O3/c1-23-16-17(24(2)20(27)22-18(16)26)21-19(23)25-10-8-13(9-11-25)12-14-6-4-5-7-15(14)28-3/h4-7,13H,8-12H2,1-3H3,(H,22,26,27). The highest BCUT2D eigenvalue weighted by Crippen LogP contribution is 2.29. The van der Waals surface area contributed by atoms with Crippen molar-refractivity contribution in [1.82, 2.24) is 19.1 Å². The number of piperidine rings is 1.